The molecule has 0 bridgehead atoms. The quantitative estimate of drug-likeness (QED) is 0.737. The van der Waals surface area contributed by atoms with Crippen LogP contribution in [-0.4, -0.2) is 24.9 Å². The number of hydrogen-bond acceptors (Lipinski definition) is 4. The van der Waals surface area contributed by atoms with Gasteiger partial charge in [0.2, 0.25) is 0 Å². The zero-order chi connectivity index (χ0) is 13.7. The topological polar surface area (TPSA) is 101 Å². The van der Waals surface area contributed by atoms with E-state index in [2.05, 4.69) is 14.7 Å². The number of aryl methyl sites for hydroxylation is 1. The van der Waals surface area contributed by atoms with E-state index in [9.17, 15) is 8.42 Å². The van der Waals surface area contributed by atoms with Crippen LogP contribution >= 0.6 is 0 Å². The van der Waals surface area contributed by atoms with Gasteiger partial charge in [0.15, 0.2) is 5.03 Å². The van der Waals surface area contributed by atoms with Crippen molar-refractivity contribution in [1.82, 2.24) is 9.97 Å². The number of hydrogen-bond donors (Lipinski definition) is 3. The molecule has 7 heteroatoms. The van der Waals surface area contributed by atoms with E-state index < -0.39 is 10.0 Å². The Hall–Kier alpha value is -1.86. The van der Waals surface area contributed by atoms with E-state index in [0.29, 0.717) is 12.2 Å². The predicted molar refractivity (Wildman–Crippen MR) is 73.2 cm³/mol. The van der Waals surface area contributed by atoms with Crippen molar-refractivity contribution in [2.75, 3.05) is 11.3 Å². The Labute approximate surface area is 112 Å². The second-order valence-corrected chi connectivity index (χ2v) is 5.76. The zero-order valence-electron chi connectivity index (χ0n) is 10.3. The first-order valence-electron chi connectivity index (χ1n) is 5.92. The summed E-state index contributed by atoms with van der Waals surface area (Å²) >= 11 is 0. The molecule has 0 saturated carbocycles. The molecule has 0 aliphatic carbocycles. The van der Waals surface area contributed by atoms with Gasteiger partial charge in [0.05, 0.1) is 12.5 Å². The number of aromatic amines is 1. The second kappa shape index (κ2) is 5.85. The fourth-order valence-corrected chi connectivity index (χ4v) is 2.65. The van der Waals surface area contributed by atoms with Gasteiger partial charge in [-0.3, -0.25) is 4.72 Å². The Morgan fingerprint density at radius 3 is 2.89 bits per heavy atom. The Kier molecular flexibility index (Phi) is 4.18. The number of sulfonamides is 1. The molecule has 19 heavy (non-hydrogen) atoms. The molecule has 1 aromatic carbocycles. The fourth-order valence-electron chi connectivity index (χ4n) is 1.70. The molecule has 1 aromatic heterocycles. The normalized spacial score (nSPS) is 11.4. The molecule has 1 heterocycles. The van der Waals surface area contributed by atoms with Crippen molar-refractivity contribution in [2.24, 2.45) is 5.73 Å². The molecule has 102 valence electrons. The van der Waals surface area contributed by atoms with Crippen LogP contribution in [0.5, 0.6) is 0 Å². The van der Waals surface area contributed by atoms with Gasteiger partial charge in [-0.15, -0.1) is 0 Å². The van der Waals surface area contributed by atoms with E-state index in [-0.39, 0.29) is 5.03 Å². The van der Waals surface area contributed by atoms with Crippen LogP contribution in [0.4, 0.5) is 5.69 Å². The lowest BCUT2D eigenvalue weighted by Gasteiger charge is -2.08. The summed E-state index contributed by atoms with van der Waals surface area (Å²) in [4.78, 5) is 6.27. The minimum atomic E-state index is -3.60. The summed E-state index contributed by atoms with van der Waals surface area (Å²) in [6.45, 7) is 0.615. The summed E-state index contributed by atoms with van der Waals surface area (Å²) < 4.78 is 26.5. The third-order valence-electron chi connectivity index (χ3n) is 2.61. The molecule has 0 spiro atoms. The second-order valence-electron chi connectivity index (χ2n) is 4.11. The molecule has 0 radical (unpaired) electrons. The SMILES string of the molecule is NCCCc1cccc(NS(=O)(=O)c2cnc[nH]2)c1. The molecule has 0 aliphatic heterocycles. The number of H-pyrrole nitrogens is 1. The van der Waals surface area contributed by atoms with Gasteiger partial charge in [-0.2, -0.15) is 8.42 Å². The number of imidazole rings is 1. The van der Waals surface area contributed by atoms with Gasteiger partial charge in [0.1, 0.15) is 0 Å². The third-order valence-corrected chi connectivity index (χ3v) is 3.92. The van der Waals surface area contributed by atoms with Crippen LogP contribution in [0.3, 0.4) is 0 Å². The summed E-state index contributed by atoms with van der Waals surface area (Å²) in [6.07, 6.45) is 4.29. The van der Waals surface area contributed by atoms with Crippen molar-refractivity contribution in [3.05, 3.63) is 42.4 Å². The largest absolute Gasteiger partial charge is 0.334 e. The molecule has 0 fully saturated rings. The first kappa shape index (κ1) is 13.6. The number of rotatable bonds is 6. The number of benzene rings is 1. The van der Waals surface area contributed by atoms with Crippen molar-refractivity contribution in [2.45, 2.75) is 17.9 Å². The molecule has 0 unspecified atom stereocenters. The number of nitrogens with two attached hydrogens (primary N) is 1. The number of nitrogens with zero attached hydrogens (tertiary/aromatic N) is 1. The van der Waals surface area contributed by atoms with Crippen LogP contribution < -0.4 is 10.5 Å². The molecule has 0 amide bonds. The minimum Gasteiger partial charge on any atom is -0.334 e. The Bertz CT molecular complexity index is 623. The van der Waals surface area contributed by atoms with Crippen molar-refractivity contribution < 1.29 is 8.42 Å². The standard InChI is InChI=1S/C12H16N4O2S/c13-6-2-4-10-3-1-5-11(7-10)16-19(17,18)12-8-14-9-15-12/h1,3,5,7-9,16H,2,4,6,13H2,(H,14,15). The molecule has 0 aliphatic rings. The highest BCUT2D eigenvalue weighted by atomic mass is 32.2. The average molecular weight is 280 g/mol. The van der Waals surface area contributed by atoms with E-state index in [1.165, 1.54) is 12.5 Å². The smallest absolute Gasteiger partial charge is 0.278 e. The summed E-state index contributed by atoms with van der Waals surface area (Å²) in [5.41, 5.74) is 7.04. The van der Waals surface area contributed by atoms with E-state index in [1.54, 1.807) is 6.07 Å². The maximum atomic E-state index is 12.0. The maximum Gasteiger partial charge on any atom is 0.278 e. The number of aromatic nitrogens is 2. The van der Waals surface area contributed by atoms with Crippen LogP contribution in [0.15, 0.2) is 41.8 Å². The molecule has 2 aromatic rings. The van der Waals surface area contributed by atoms with Gasteiger partial charge < -0.3 is 10.7 Å². The lowest BCUT2D eigenvalue weighted by molar-refractivity contribution is 0.598. The van der Waals surface area contributed by atoms with Gasteiger partial charge in [-0.1, -0.05) is 12.1 Å². The molecule has 4 N–H and O–H groups in total. The van der Waals surface area contributed by atoms with Crippen molar-refractivity contribution in [3.8, 4) is 0 Å². The first-order chi connectivity index (χ1) is 9.12. The Morgan fingerprint density at radius 1 is 1.37 bits per heavy atom. The zero-order valence-corrected chi connectivity index (χ0v) is 11.2. The summed E-state index contributed by atoms with van der Waals surface area (Å²) in [7, 11) is -3.60. The van der Waals surface area contributed by atoms with Crippen molar-refractivity contribution in [1.29, 1.82) is 0 Å². The van der Waals surface area contributed by atoms with Gasteiger partial charge in [0, 0.05) is 5.69 Å². The van der Waals surface area contributed by atoms with Crippen LogP contribution in [0.2, 0.25) is 0 Å². The highest BCUT2D eigenvalue weighted by Crippen LogP contribution is 2.16. The lowest BCUT2D eigenvalue weighted by atomic mass is 10.1. The average Bonchev–Trinajstić information content (AvgIpc) is 2.91. The van der Waals surface area contributed by atoms with E-state index in [0.717, 1.165) is 18.4 Å². The van der Waals surface area contributed by atoms with Gasteiger partial charge >= 0.3 is 0 Å². The lowest BCUT2D eigenvalue weighted by Crippen LogP contribution is -2.13. The Balaban J connectivity index is 2.15. The molecule has 0 saturated heterocycles. The van der Waals surface area contributed by atoms with Gasteiger partial charge in [0.25, 0.3) is 10.0 Å². The molecule has 2 rings (SSSR count). The van der Waals surface area contributed by atoms with Crippen LogP contribution in [0.1, 0.15) is 12.0 Å². The molecule has 6 nitrogen and oxygen atoms in total. The Morgan fingerprint density at radius 2 is 2.21 bits per heavy atom. The third kappa shape index (κ3) is 3.55. The fraction of sp³-hybridized carbons (Fsp3) is 0.250. The van der Waals surface area contributed by atoms with E-state index in [4.69, 9.17) is 5.73 Å². The first-order valence-corrected chi connectivity index (χ1v) is 7.40. The van der Waals surface area contributed by atoms with Gasteiger partial charge in [-0.25, -0.2) is 4.98 Å². The molecule has 0 atom stereocenters. The summed E-state index contributed by atoms with van der Waals surface area (Å²) in [6, 6.07) is 7.28. The summed E-state index contributed by atoms with van der Waals surface area (Å²) in [5, 5.41) is 0.0415. The van der Waals surface area contributed by atoms with E-state index in [1.807, 2.05) is 18.2 Å². The monoisotopic (exact) mass is 280 g/mol. The molecular weight excluding hydrogens is 264 g/mol. The highest BCUT2D eigenvalue weighted by molar-refractivity contribution is 7.92. The van der Waals surface area contributed by atoms with Crippen LogP contribution in [0, 0.1) is 0 Å². The number of nitrogens with one attached hydrogen (secondary N) is 2. The van der Waals surface area contributed by atoms with E-state index >= 15 is 0 Å². The number of anilines is 1. The van der Waals surface area contributed by atoms with Crippen LogP contribution in [-0.2, 0) is 16.4 Å². The van der Waals surface area contributed by atoms with Crippen LogP contribution in [0.25, 0.3) is 0 Å². The summed E-state index contributed by atoms with van der Waals surface area (Å²) in [5.74, 6) is 0. The van der Waals surface area contributed by atoms with Gasteiger partial charge in [-0.05, 0) is 37.1 Å². The highest BCUT2D eigenvalue weighted by Gasteiger charge is 2.15. The molecular formula is C12H16N4O2S. The van der Waals surface area contributed by atoms with Crippen molar-refractivity contribution >= 4 is 15.7 Å². The maximum absolute atomic E-state index is 12.0. The van der Waals surface area contributed by atoms with Crippen molar-refractivity contribution in [3.63, 3.8) is 0 Å². The minimum absolute atomic E-state index is 0.0415. The predicted octanol–water partition coefficient (Wildman–Crippen LogP) is 1.10.